The molecule has 0 atom stereocenters. The van der Waals surface area contributed by atoms with Gasteiger partial charge in [0.1, 0.15) is 0 Å². The van der Waals surface area contributed by atoms with Crippen LogP contribution in [0.5, 0.6) is 0 Å². The zero-order valence-electron chi connectivity index (χ0n) is 12.1. The van der Waals surface area contributed by atoms with Crippen LogP contribution in [-0.4, -0.2) is 19.4 Å². The molecule has 0 aromatic carbocycles. The first-order valence-corrected chi connectivity index (χ1v) is 7.71. The molecule has 0 amide bonds. The highest BCUT2D eigenvalue weighted by molar-refractivity contribution is 7.91. The summed E-state index contributed by atoms with van der Waals surface area (Å²) in [6.07, 6.45) is 0. The monoisotopic (exact) mass is 248 g/mol. The minimum atomic E-state index is -2.96. The van der Waals surface area contributed by atoms with E-state index in [9.17, 15) is 8.42 Å². The average molecular weight is 248 g/mol. The standard InChI is InChI=1S/C13H28O2S/c1-10(2)16(14,15)9-11(12(3,4)5)13(6,7)8/h10-11H,9H2,1-8H3. The molecule has 0 aromatic rings. The topological polar surface area (TPSA) is 34.1 Å². The summed E-state index contributed by atoms with van der Waals surface area (Å²) in [5.74, 6) is 0.463. The number of hydrogen-bond acceptors (Lipinski definition) is 2. The predicted octanol–water partition coefficient (Wildman–Crippen LogP) is 3.52. The second-order valence-electron chi connectivity index (χ2n) is 7.16. The van der Waals surface area contributed by atoms with Crippen LogP contribution >= 0.6 is 0 Å². The Morgan fingerprint density at radius 3 is 1.38 bits per heavy atom. The van der Waals surface area contributed by atoms with Crippen LogP contribution in [0.2, 0.25) is 0 Å². The number of hydrogen-bond donors (Lipinski definition) is 0. The van der Waals surface area contributed by atoms with Gasteiger partial charge in [-0.25, -0.2) is 8.42 Å². The lowest BCUT2D eigenvalue weighted by Gasteiger charge is -2.40. The van der Waals surface area contributed by atoms with E-state index in [4.69, 9.17) is 0 Å². The molecule has 0 radical (unpaired) electrons. The molecule has 16 heavy (non-hydrogen) atoms. The largest absolute Gasteiger partial charge is 0.229 e. The van der Waals surface area contributed by atoms with Crippen molar-refractivity contribution in [2.45, 2.75) is 60.6 Å². The van der Waals surface area contributed by atoms with Gasteiger partial charge in [0.2, 0.25) is 0 Å². The molecule has 0 bridgehead atoms. The third-order valence-electron chi connectivity index (χ3n) is 3.21. The van der Waals surface area contributed by atoms with Gasteiger partial charge < -0.3 is 0 Å². The lowest BCUT2D eigenvalue weighted by molar-refractivity contribution is 0.123. The van der Waals surface area contributed by atoms with Gasteiger partial charge in [-0.1, -0.05) is 41.5 Å². The van der Waals surface area contributed by atoms with Gasteiger partial charge in [-0.2, -0.15) is 0 Å². The molecule has 0 fully saturated rings. The quantitative estimate of drug-likeness (QED) is 0.766. The Morgan fingerprint density at radius 2 is 1.19 bits per heavy atom. The summed E-state index contributed by atoms with van der Waals surface area (Å²) in [6.45, 7) is 16.3. The molecule has 0 saturated carbocycles. The minimum Gasteiger partial charge on any atom is -0.229 e. The van der Waals surface area contributed by atoms with Crippen LogP contribution in [0.15, 0.2) is 0 Å². The first-order chi connectivity index (χ1) is 6.78. The van der Waals surface area contributed by atoms with E-state index < -0.39 is 9.84 Å². The van der Waals surface area contributed by atoms with Gasteiger partial charge in [0.25, 0.3) is 0 Å². The Balaban J connectivity index is 5.15. The smallest absolute Gasteiger partial charge is 0.152 e. The van der Waals surface area contributed by atoms with Crippen molar-refractivity contribution < 1.29 is 8.42 Å². The van der Waals surface area contributed by atoms with Crippen LogP contribution in [0.4, 0.5) is 0 Å². The average Bonchev–Trinajstić information content (AvgIpc) is 1.95. The van der Waals surface area contributed by atoms with Gasteiger partial charge in [-0.05, 0) is 30.6 Å². The first kappa shape index (κ1) is 16.0. The summed E-state index contributed by atoms with van der Waals surface area (Å²) in [7, 11) is -2.96. The summed E-state index contributed by atoms with van der Waals surface area (Å²) in [6, 6.07) is 0. The van der Waals surface area contributed by atoms with E-state index in [2.05, 4.69) is 41.5 Å². The van der Waals surface area contributed by atoms with Crippen molar-refractivity contribution in [2.24, 2.45) is 16.7 Å². The number of rotatable bonds is 3. The van der Waals surface area contributed by atoms with Crippen LogP contribution < -0.4 is 0 Å². The third kappa shape index (κ3) is 4.44. The highest BCUT2D eigenvalue weighted by atomic mass is 32.2. The molecule has 0 saturated heterocycles. The molecule has 0 aromatic heterocycles. The Bertz CT molecular complexity index is 299. The van der Waals surface area contributed by atoms with Crippen LogP contribution in [0.25, 0.3) is 0 Å². The molecule has 0 rings (SSSR count). The van der Waals surface area contributed by atoms with Gasteiger partial charge in [0, 0.05) is 0 Å². The summed E-state index contributed by atoms with van der Waals surface area (Å²) >= 11 is 0. The van der Waals surface area contributed by atoms with Gasteiger partial charge in [-0.3, -0.25) is 0 Å². The van der Waals surface area contributed by atoms with Gasteiger partial charge in [0.05, 0.1) is 11.0 Å². The zero-order valence-corrected chi connectivity index (χ0v) is 12.9. The van der Waals surface area contributed by atoms with Crippen molar-refractivity contribution in [1.82, 2.24) is 0 Å². The van der Waals surface area contributed by atoms with Crippen molar-refractivity contribution in [3.05, 3.63) is 0 Å². The number of sulfone groups is 1. The van der Waals surface area contributed by atoms with Crippen LogP contribution in [0, 0.1) is 16.7 Å². The van der Waals surface area contributed by atoms with Crippen molar-refractivity contribution in [2.75, 3.05) is 5.75 Å². The molecule has 0 unspecified atom stereocenters. The van der Waals surface area contributed by atoms with E-state index in [-0.39, 0.29) is 27.8 Å². The van der Waals surface area contributed by atoms with Gasteiger partial charge >= 0.3 is 0 Å². The second kappa shape index (κ2) is 4.67. The normalized spacial score (nSPS) is 14.9. The van der Waals surface area contributed by atoms with E-state index >= 15 is 0 Å². The fourth-order valence-electron chi connectivity index (χ4n) is 2.22. The molecular formula is C13H28O2S. The first-order valence-electron chi connectivity index (χ1n) is 6.00. The van der Waals surface area contributed by atoms with E-state index in [0.717, 1.165) is 0 Å². The minimum absolute atomic E-state index is 0.0141. The Kier molecular flexibility index (Phi) is 4.66. The van der Waals surface area contributed by atoms with Crippen LogP contribution in [0.1, 0.15) is 55.4 Å². The third-order valence-corrected chi connectivity index (χ3v) is 5.44. The van der Waals surface area contributed by atoms with E-state index in [1.807, 2.05) is 0 Å². The molecule has 0 aliphatic carbocycles. The van der Waals surface area contributed by atoms with Crippen molar-refractivity contribution in [3.8, 4) is 0 Å². The SMILES string of the molecule is CC(C)S(=O)(=O)CC(C(C)(C)C)C(C)(C)C. The summed E-state index contributed by atoms with van der Waals surface area (Å²) < 4.78 is 24.1. The molecule has 0 aliphatic rings. The highest BCUT2D eigenvalue weighted by Gasteiger charge is 2.38. The molecule has 0 heterocycles. The second-order valence-corrected chi connectivity index (χ2v) is 9.76. The summed E-state index contributed by atoms with van der Waals surface area (Å²) in [5, 5.41) is -0.278. The van der Waals surface area contributed by atoms with E-state index in [0.29, 0.717) is 0 Å². The summed E-state index contributed by atoms with van der Waals surface area (Å²) in [5.41, 5.74) is 0.0282. The lowest BCUT2D eigenvalue weighted by Crippen LogP contribution is -2.39. The highest BCUT2D eigenvalue weighted by Crippen LogP contribution is 2.41. The molecule has 3 heteroatoms. The summed E-state index contributed by atoms with van der Waals surface area (Å²) in [4.78, 5) is 0. The Hall–Kier alpha value is -0.0500. The molecular weight excluding hydrogens is 220 g/mol. The molecule has 98 valence electrons. The predicted molar refractivity (Wildman–Crippen MR) is 71.3 cm³/mol. The maximum Gasteiger partial charge on any atom is 0.152 e. The van der Waals surface area contributed by atoms with Gasteiger partial charge in [0.15, 0.2) is 9.84 Å². The maximum absolute atomic E-state index is 12.0. The van der Waals surface area contributed by atoms with Crippen molar-refractivity contribution in [3.63, 3.8) is 0 Å². The molecule has 0 spiro atoms. The van der Waals surface area contributed by atoms with E-state index in [1.54, 1.807) is 13.8 Å². The Morgan fingerprint density at radius 1 is 0.875 bits per heavy atom. The van der Waals surface area contributed by atoms with Crippen molar-refractivity contribution >= 4 is 9.84 Å². The van der Waals surface area contributed by atoms with E-state index in [1.165, 1.54) is 0 Å². The maximum atomic E-state index is 12.0. The molecule has 0 aliphatic heterocycles. The fraction of sp³-hybridized carbons (Fsp3) is 1.00. The lowest BCUT2D eigenvalue weighted by atomic mass is 9.68. The van der Waals surface area contributed by atoms with Crippen molar-refractivity contribution in [1.29, 1.82) is 0 Å². The van der Waals surface area contributed by atoms with Crippen LogP contribution in [-0.2, 0) is 9.84 Å². The zero-order chi connectivity index (χ0) is 13.4. The molecule has 0 N–H and O–H groups in total. The van der Waals surface area contributed by atoms with Crippen LogP contribution in [0.3, 0.4) is 0 Å². The van der Waals surface area contributed by atoms with Gasteiger partial charge in [-0.15, -0.1) is 0 Å². The molecule has 2 nitrogen and oxygen atoms in total. The fourth-order valence-corrected chi connectivity index (χ4v) is 4.07. The Labute approximate surface area is 102 Å².